The second-order valence-corrected chi connectivity index (χ2v) is 9.43. The largest absolute Gasteiger partial charge is 0.493 e. The van der Waals surface area contributed by atoms with E-state index < -0.39 is 0 Å². The number of likely N-dealkylation sites (N-methyl/N-ethyl adjacent to an activating group) is 2. The van der Waals surface area contributed by atoms with Crippen LogP contribution in [-0.4, -0.2) is 81.7 Å². The number of aromatic nitrogens is 2. The number of carbonyl (C=O) groups excluding carboxylic acids is 1. The van der Waals surface area contributed by atoms with Gasteiger partial charge in [0.15, 0.2) is 11.5 Å². The fourth-order valence-electron chi connectivity index (χ4n) is 5.25. The number of rotatable bonds is 10. The van der Waals surface area contributed by atoms with Gasteiger partial charge in [-0.05, 0) is 44.6 Å². The Morgan fingerprint density at radius 2 is 1.81 bits per heavy atom. The molecule has 4 rings (SSSR count). The third kappa shape index (κ3) is 5.08. The number of likely N-dealkylation sites (tertiary alicyclic amines) is 1. The van der Waals surface area contributed by atoms with Crippen molar-refractivity contribution in [2.75, 3.05) is 65.1 Å². The van der Waals surface area contributed by atoms with E-state index in [0.717, 1.165) is 44.1 Å². The van der Waals surface area contributed by atoms with Gasteiger partial charge in [0.1, 0.15) is 12.1 Å². The van der Waals surface area contributed by atoms with E-state index in [0.29, 0.717) is 35.3 Å². The minimum absolute atomic E-state index is 0.107. The van der Waals surface area contributed by atoms with Crippen molar-refractivity contribution in [3.8, 4) is 11.5 Å². The number of methoxy groups -OCH3 is 2. The lowest BCUT2D eigenvalue weighted by molar-refractivity contribution is -0.112. The summed E-state index contributed by atoms with van der Waals surface area (Å²) < 4.78 is 10.9. The third-order valence-corrected chi connectivity index (χ3v) is 7.28. The maximum atomic E-state index is 11.7. The predicted molar refractivity (Wildman–Crippen MR) is 143 cm³/mol. The molecule has 0 radical (unpaired) electrons. The van der Waals surface area contributed by atoms with Crippen molar-refractivity contribution in [1.29, 1.82) is 0 Å². The Morgan fingerprint density at radius 3 is 2.42 bits per heavy atom. The van der Waals surface area contributed by atoms with E-state index in [9.17, 15) is 4.79 Å². The molecule has 192 valence electrons. The van der Waals surface area contributed by atoms with Crippen molar-refractivity contribution in [3.05, 3.63) is 48.0 Å². The topological polar surface area (TPSA) is 106 Å². The zero-order valence-electron chi connectivity index (χ0n) is 21.5. The monoisotopic (exact) mass is 492 g/mol. The molecule has 1 atom stereocenters. The zero-order chi connectivity index (χ0) is 25.7. The molecule has 2 aromatic carbocycles. The molecule has 3 aromatic rings. The predicted octanol–water partition coefficient (Wildman–Crippen LogP) is 2.49. The molecule has 1 unspecified atom stereocenters. The molecular weight excluding hydrogens is 456 g/mol. The third-order valence-electron chi connectivity index (χ3n) is 7.28. The van der Waals surface area contributed by atoms with E-state index in [-0.39, 0.29) is 11.5 Å². The van der Waals surface area contributed by atoms with Crippen LogP contribution in [0.2, 0.25) is 0 Å². The minimum atomic E-state index is -0.114. The van der Waals surface area contributed by atoms with Crippen LogP contribution in [0.15, 0.2) is 42.5 Å². The highest BCUT2D eigenvalue weighted by Crippen LogP contribution is 2.38. The second-order valence-electron chi connectivity index (χ2n) is 9.43. The van der Waals surface area contributed by atoms with Crippen molar-refractivity contribution in [3.63, 3.8) is 0 Å². The first kappa shape index (κ1) is 25.7. The number of hydrogen-bond acceptors (Lipinski definition) is 9. The number of nitrogens with zero attached hydrogens (tertiary/aromatic N) is 4. The Morgan fingerprint density at radius 1 is 1.14 bits per heavy atom. The van der Waals surface area contributed by atoms with Gasteiger partial charge in [0.05, 0.1) is 25.8 Å². The zero-order valence-corrected chi connectivity index (χ0v) is 21.5. The van der Waals surface area contributed by atoms with Crippen LogP contribution in [0.5, 0.6) is 11.5 Å². The summed E-state index contributed by atoms with van der Waals surface area (Å²) >= 11 is 0. The van der Waals surface area contributed by atoms with Gasteiger partial charge in [0.25, 0.3) is 0 Å². The summed E-state index contributed by atoms with van der Waals surface area (Å²) in [7, 11) is 7.08. The van der Waals surface area contributed by atoms with Crippen LogP contribution >= 0.6 is 0 Å². The molecule has 0 saturated carbocycles. The minimum Gasteiger partial charge on any atom is -0.493 e. The average Bonchev–Trinajstić information content (AvgIpc) is 2.92. The van der Waals surface area contributed by atoms with Gasteiger partial charge < -0.3 is 30.2 Å². The molecule has 1 aliphatic rings. The summed E-state index contributed by atoms with van der Waals surface area (Å²) in [6, 6.07) is 14.1. The first-order chi connectivity index (χ1) is 17.4. The van der Waals surface area contributed by atoms with Crippen molar-refractivity contribution in [1.82, 2.24) is 20.2 Å². The van der Waals surface area contributed by atoms with E-state index in [4.69, 9.17) is 20.2 Å². The van der Waals surface area contributed by atoms with Gasteiger partial charge in [0.2, 0.25) is 5.95 Å². The van der Waals surface area contributed by atoms with Gasteiger partial charge in [-0.25, -0.2) is 4.98 Å². The van der Waals surface area contributed by atoms with Gasteiger partial charge in [-0.1, -0.05) is 30.3 Å². The number of hydrogen-bond donors (Lipinski definition) is 2. The summed E-state index contributed by atoms with van der Waals surface area (Å²) in [6.45, 7) is 3.05. The summed E-state index contributed by atoms with van der Waals surface area (Å²) in [6.07, 6.45) is 2.89. The number of carbonyl (C=O) groups is 1. The van der Waals surface area contributed by atoms with Crippen LogP contribution in [0, 0.1) is 0 Å². The molecule has 0 spiro atoms. The molecule has 1 saturated heterocycles. The van der Waals surface area contributed by atoms with Crippen molar-refractivity contribution in [2.45, 2.75) is 24.3 Å². The van der Waals surface area contributed by atoms with Crippen LogP contribution in [0.25, 0.3) is 10.9 Å². The standard InChI is InChI=1S/C27H36N6O3/c1-29-16-20(17-34)33-12-10-27(11-13-33,19-8-6-5-7-9-19)18-32(2)26-30-22-15-24(36-4)23(35-3)14-21(22)25(28)31-26/h5-9,14-15,17,20,29H,10-13,16,18H2,1-4H3,(H2,28,30,31). The van der Waals surface area contributed by atoms with Gasteiger partial charge in [-0.2, -0.15) is 4.98 Å². The Hall–Kier alpha value is -3.43. The Balaban J connectivity index is 1.64. The van der Waals surface area contributed by atoms with E-state index in [1.165, 1.54) is 5.56 Å². The molecule has 0 bridgehead atoms. The lowest BCUT2D eigenvalue weighted by atomic mass is 9.72. The van der Waals surface area contributed by atoms with Crippen molar-refractivity contribution < 1.29 is 14.3 Å². The normalized spacial score (nSPS) is 16.4. The SMILES string of the molecule is CNCC(C=O)N1CCC(CN(C)c2nc(N)c3cc(OC)c(OC)cc3n2)(c2ccccc2)CC1. The molecule has 0 amide bonds. The Bertz CT molecular complexity index is 1180. The van der Waals surface area contributed by atoms with Crippen LogP contribution in [0.4, 0.5) is 11.8 Å². The van der Waals surface area contributed by atoms with Gasteiger partial charge in [-0.15, -0.1) is 0 Å². The quantitative estimate of drug-likeness (QED) is 0.413. The lowest BCUT2D eigenvalue weighted by Crippen LogP contribution is -2.53. The summed E-state index contributed by atoms with van der Waals surface area (Å²) in [5.41, 5.74) is 8.24. The molecule has 9 nitrogen and oxygen atoms in total. The van der Waals surface area contributed by atoms with E-state index in [1.54, 1.807) is 14.2 Å². The van der Waals surface area contributed by atoms with E-state index >= 15 is 0 Å². The van der Waals surface area contributed by atoms with Gasteiger partial charge >= 0.3 is 0 Å². The van der Waals surface area contributed by atoms with Crippen LogP contribution in [0.1, 0.15) is 18.4 Å². The maximum Gasteiger partial charge on any atom is 0.227 e. The number of piperidine rings is 1. The highest BCUT2D eigenvalue weighted by Gasteiger charge is 2.39. The Labute approximate surface area is 212 Å². The van der Waals surface area contributed by atoms with Gasteiger partial charge in [0, 0.05) is 37.0 Å². The highest BCUT2D eigenvalue weighted by atomic mass is 16.5. The molecule has 1 fully saturated rings. The molecule has 1 aliphatic heterocycles. The molecule has 3 N–H and O–H groups in total. The number of anilines is 2. The molecule has 36 heavy (non-hydrogen) atoms. The van der Waals surface area contributed by atoms with Crippen LogP contribution in [0.3, 0.4) is 0 Å². The maximum absolute atomic E-state index is 11.7. The first-order valence-electron chi connectivity index (χ1n) is 12.2. The van der Waals surface area contributed by atoms with E-state index in [2.05, 4.69) is 44.4 Å². The van der Waals surface area contributed by atoms with Crippen molar-refractivity contribution in [2.24, 2.45) is 0 Å². The van der Waals surface area contributed by atoms with Crippen LogP contribution in [-0.2, 0) is 10.2 Å². The average molecular weight is 493 g/mol. The number of ether oxygens (including phenoxy) is 2. The number of nitrogens with two attached hydrogens (primary N) is 1. The van der Waals surface area contributed by atoms with Gasteiger partial charge in [-0.3, -0.25) is 4.90 Å². The molecule has 0 aliphatic carbocycles. The first-order valence-corrected chi connectivity index (χ1v) is 12.2. The fourth-order valence-corrected chi connectivity index (χ4v) is 5.25. The van der Waals surface area contributed by atoms with Crippen LogP contribution < -0.4 is 25.4 Å². The molecule has 9 heteroatoms. The number of fused-ring (bicyclic) bond motifs is 1. The molecule has 2 heterocycles. The highest BCUT2D eigenvalue weighted by molar-refractivity contribution is 5.91. The number of aldehydes is 1. The second kappa shape index (κ2) is 11.1. The van der Waals surface area contributed by atoms with Crippen molar-refractivity contribution >= 4 is 29.0 Å². The molecular formula is C27H36N6O3. The lowest BCUT2D eigenvalue weighted by Gasteiger charge is -2.45. The summed E-state index contributed by atoms with van der Waals surface area (Å²) in [4.78, 5) is 25.5. The number of nitrogens with one attached hydrogen (secondary N) is 1. The van der Waals surface area contributed by atoms with E-state index in [1.807, 2.05) is 32.3 Å². The number of benzene rings is 2. The fraction of sp³-hybridized carbons (Fsp3) is 0.444. The summed E-state index contributed by atoms with van der Waals surface area (Å²) in [5, 5.41) is 3.85. The Kier molecular flexibility index (Phi) is 7.91. The summed E-state index contributed by atoms with van der Waals surface area (Å²) in [5.74, 6) is 2.14. The molecule has 1 aromatic heterocycles. The number of nitrogen functional groups attached to an aromatic ring is 1. The smallest absolute Gasteiger partial charge is 0.227 e.